The Morgan fingerprint density at radius 1 is 1.32 bits per heavy atom. The predicted octanol–water partition coefficient (Wildman–Crippen LogP) is 2.09. The van der Waals surface area contributed by atoms with Crippen LogP contribution in [-0.4, -0.2) is 23.1 Å². The smallest absolute Gasteiger partial charge is 0.251 e. The van der Waals surface area contributed by atoms with E-state index in [-0.39, 0.29) is 23.7 Å². The van der Waals surface area contributed by atoms with Crippen molar-refractivity contribution in [3.05, 3.63) is 29.3 Å². The highest BCUT2D eigenvalue weighted by Crippen LogP contribution is 2.21. The van der Waals surface area contributed by atoms with Gasteiger partial charge in [-0.25, -0.2) is 0 Å². The second-order valence-corrected chi connectivity index (χ2v) is 5.33. The first kappa shape index (κ1) is 13.9. The Morgan fingerprint density at radius 3 is 2.84 bits per heavy atom. The number of benzene rings is 1. The molecule has 2 unspecified atom stereocenters. The summed E-state index contributed by atoms with van der Waals surface area (Å²) >= 11 is 0. The number of hydrogen-bond donors (Lipinski definition) is 3. The van der Waals surface area contributed by atoms with Crippen LogP contribution in [0.2, 0.25) is 0 Å². The molecule has 1 fully saturated rings. The normalized spacial score (nSPS) is 23.7. The molecule has 2 atom stereocenters. The Kier molecular flexibility index (Phi) is 4.43. The van der Waals surface area contributed by atoms with Gasteiger partial charge in [-0.3, -0.25) is 4.79 Å². The van der Waals surface area contributed by atoms with E-state index in [1.165, 1.54) is 6.42 Å². The summed E-state index contributed by atoms with van der Waals surface area (Å²) in [7, 11) is 0. The Balaban J connectivity index is 2.09. The molecule has 0 aliphatic heterocycles. The number of rotatable bonds is 2. The van der Waals surface area contributed by atoms with Gasteiger partial charge in [-0.1, -0.05) is 25.3 Å². The first-order valence-corrected chi connectivity index (χ1v) is 6.94. The molecule has 1 amide bonds. The summed E-state index contributed by atoms with van der Waals surface area (Å²) in [6.07, 6.45) is 5.33. The van der Waals surface area contributed by atoms with Crippen LogP contribution in [0.3, 0.4) is 0 Å². The van der Waals surface area contributed by atoms with Crippen molar-refractivity contribution in [3.63, 3.8) is 0 Å². The maximum absolute atomic E-state index is 12.3. The molecular formula is C15H22N2O2. The summed E-state index contributed by atoms with van der Waals surface area (Å²) in [4.78, 5) is 12.3. The van der Waals surface area contributed by atoms with Gasteiger partial charge in [0.2, 0.25) is 0 Å². The molecule has 0 saturated heterocycles. The summed E-state index contributed by atoms with van der Waals surface area (Å²) < 4.78 is 0. The number of amides is 1. The lowest BCUT2D eigenvalue weighted by molar-refractivity contribution is 0.0927. The van der Waals surface area contributed by atoms with Gasteiger partial charge < -0.3 is 16.2 Å². The highest BCUT2D eigenvalue weighted by molar-refractivity contribution is 5.96. The van der Waals surface area contributed by atoms with Crippen molar-refractivity contribution in [2.45, 2.75) is 51.1 Å². The molecule has 0 aromatic heterocycles. The van der Waals surface area contributed by atoms with Crippen LogP contribution in [-0.2, 0) is 0 Å². The molecule has 4 N–H and O–H groups in total. The molecule has 2 rings (SSSR count). The summed E-state index contributed by atoms with van der Waals surface area (Å²) in [6.45, 7) is 1.75. The van der Waals surface area contributed by atoms with Gasteiger partial charge in [0.15, 0.2) is 0 Å². The van der Waals surface area contributed by atoms with Gasteiger partial charge in [-0.05, 0) is 31.9 Å². The van der Waals surface area contributed by atoms with Crippen LogP contribution in [0.5, 0.6) is 5.75 Å². The highest BCUT2D eigenvalue weighted by atomic mass is 16.3. The molecule has 4 heteroatoms. The third-order valence-electron chi connectivity index (χ3n) is 3.94. The van der Waals surface area contributed by atoms with Crippen molar-refractivity contribution in [2.75, 3.05) is 0 Å². The fourth-order valence-electron chi connectivity index (χ4n) is 2.63. The standard InChI is InChI=1S/C15H22N2O2/c1-10-11(6-5-9-14(10)18)15(19)17-13-8-4-2-3-7-12(13)16/h5-6,9,12-13,18H,2-4,7-8,16H2,1H3,(H,17,19). The summed E-state index contributed by atoms with van der Waals surface area (Å²) in [5.74, 6) is 0.00793. The second-order valence-electron chi connectivity index (χ2n) is 5.33. The third-order valence-corrected chi connectivity index (χ3v) is 3.94. The SMILES string of the molecule is Cc1c(O)cccc1C(=O)NC1CCCCCC1N. The molecule has 0 bridgehead atoms. The average molecular weight is 262 g/mol. The van der Waals surface area contributed by atoms with E-state index in [9.17, 15) is 9.90 Å². The van der Waals surface area contributed by atoms with Crippen molar-refractivity contribution >= 4 is 5.91 Å². The number of hydrogen-bond acceptors (Lipinski definition) is 3. The van der Waals surface area contributed by atoms with Gasteiger partial charge in [0.25, 0.3) is 5.91 Å². The van der Waals surface area contributed by atoms with Crippen LogP contribution in [0.1, 0.15) is 48.0 Å². The van der Waals surface area contributed by atoms with Crippen molar-refractivity contribution < 1.29 is 9.90 Å². The molecule has 0 heterocycles. The van der Waals surface area contributed by atoms with E-state index in [1.807, 2.05) is 0 Å². The van der Waals surface area contributed by atoms with Crippen molar-refractivity contribution in [2.24, 2.45) is 5.73 Å². The Morgan fingerprint density at radius 2 is 2.05 bits per heavy atom. The van der Waals surface area contributed by atoms with Gasteiger partial charge in [-0.2, -0.15) is 0 Å². The summed E-state index contributed by atoms with van der Waals surface area (Å²) in [6, 6.07) is 5.07. The van der Waals surface area contributed by atoms with Gasteiger partial charge in [0.1, 0.15) is 5.75 Å². The maximum Gasteiger partial charge on any atom is 0.251 e. The number of carbonyl (C=O) groups is 1. The largest absolute Gasteiger partial charge is 0.508 e. The molecule has 1 aromatic rings. The topological polar surface area (TPSA) is 75.3 Å². The zero-order chi connectivity index (χ0) is 13.8. The van der Waals surface area contributed by atoms with Crippen molar-refractivity contribution in [1.82, 2.24) is 5.32 Å². The predicted molar refractivity (Wildman–Crippen MR) is 75.2 cm³/mol. The Labute approximate surface area is 114 Å². The molecule has 4 nitrogen and oxygen atoms in total. The lowest BCUT2D eigenvalue weighted by atomic mass is 10.0. The maximum atomic E-state index is 12.3. The monoisotopic (exact) mass is 262 g/mol. The first-order chi connectivity index (χ1) is 9.09. The lowest BCUT2D eigenvalue weighted by Gasteiger charge is -2.23. The fraction of sp³-hybridized carbons (Fsp3) is 0.533. The molecular weight excluding hydrogens is 240 g/mol. The van der Waals surface area contributed by atoms with Crippen molar-refractivity contribution in [1.29, 1.82) is 0 Å². The Hall–Kier alpha value is -1.55. The van der Waals surface area contributed by atoms with E-state index in [2.05, 4.69) is 5.32 Å². The van der Waals surface area contributed by atoms with E-state index >= 15 is 0 Å². The minimum Gasteiger partial charge on any atom is -0.508 e. The molecule has 1 aromatic carbocycles. The number of phenolic OH excluding ortho intramolecular Hbond substituents is 1. The van der Waals surface area contributed by atoms with Crippen LogP contribution in [0.4, 0.5) is 0 Å². The van der Waals surface area contributed by atoms with Crippen LogP contribution in [0.25, 0.3) is 0 Å². The molecule has 1 aliphatic rings. The zero-order valence-corrected chi connectivity index (χ0v) is 11.4. The molecule has 0 spiro atoms. The summed E-state index contributed by atoms with van der Waals surface area (Å²) in [5.41, 5.74) is 7.25. The van der Waals surface area contributed by atoms with Gasteiger partial charge in [-0.15, -0.1) is 0 Å². The number of nitrogens with two attached hydrogens (primary N) is 1. The van der Waals surface area contributed by atoms with Crippen LogP contribution in [0, 0.1) is 6.92 Å². The average Bonchev–Trinajstić information content (AvgIpc) is 2.58. The fourth-order valence-corrected chi connectivity index (χ4v) is 2.63. The number of aromatic hydroxyl groups is 1. The Bertz CT molecular complexity index is 459. The summed E-state index contributed by atoms with van der Waals surface area (Å²) in [5, 5.41) is 12.7. The molecule has 1 aliphatic carbocycles. The van der Waals surface area contributed by atoms with E-state index in [1.54, 1.807) is 25.1 Å². The van der Waals surface area contributed by atoms with Crippen molar-refractivity contribution in [3.8, 4) is 5.75 Å². The van der Waals surface area contributed by atoms with Crippen LogP contribution in [0.15, 0.2) is 18.2 Å². The number of nitrogens with one attached hydrogen (secondary N) is 1. The van der Waals surface area contributed by atoms with Gasteiger partial charge >= 0.3 is 0 Å². The minimum atomic E-state index is -0.143. The molecule has 1 saturated carbocycles. The second kappa shape index (κ2) is 6.06. The third kappa shape index (κ3) is 3.26. The van der Waals surface area contributed by atoms with E-state index in [4.69, 9.17) is 5.73 Å². The number of phenols is 1. The van der Waals surface area contributed by atoms with E-state index in [0.717, 1.165) is 25.7 Å². The van der Waals surface area contributed by atoms with Crippen LogP contribution < -0.4 is 11.1 Å². The minimum absolute atomic E-state index is 0.0315. The highest BCUT2D eigenvalue weighted by Gasteiger charge is 2.23. The van der Waals surface area contributed by atoms with Gasteiger partial charge in [0.05, 0.1) is 0 Å². The molecule has 19 heavy (non-hydrogen) atoms. The first-order valence-electron chi connectivity index (χ1n) is 6.94. The molecule has 104 valence electrons. The lowest BCUT2D eigenvalue weighted by Crippen LogP contribution is -2.47. The molecule has 0 radical (unpaired) electrons. The number of carbonyl (C=O) groups excluding carboxylic acids is 1. The quantitative estimate of drug-likeness (QED) is 0.714. The van der Waals surface area contributed by atoms with E-state index in [0.29, 0.717) is 11.1 Å². The van der Waals surface area contributed by atoms with Gasteiger partial charge in [0, 0.05) is 23.2 Å². The zero-order valence-electron chi connectivity index (χ0n) is 11.4. The van der Waals surface area contributed by atoms with Crippen LogP contribution >= 0.6 is 0 Å². The van der Waals surface area contributed by atoms with E-state index < -0.39 is 0 Å².